The molecule has 0 aromatic heterocycles. The normalized spacial score (nSPS) is 16.1. The highest BCUT2D eigenvalue weighted by Gasteiger charge is 2.13. The van der Waals surface area contributed by atoms with E-state index in [1.807, 2.05) is 0 Å². The van der Waals surface area contributed by atoms with Crippen molar-refractivity contribution in [3.8, 4) is 0 Å². The Kier molecular flexibility index (Phi) is 3.54. The number of rotatable bonds is 2. The molecule has 0 aliphatic carbocycles. The maximum atomic E-state index is 10.8. The van der Waals surface area contributed by atoms with E-state index in [0.29, 0.717) is 0 Å². The highest BCUT2D eigenvalue weighted by Crippen LogP contribution is 2.31. The Balaban J connectivity index is 4.31. The Hall–Kier alpha value is 0.120. The summed E-state index contributed by atoms with van der Waals surface area (Å²) in [5.41, 5.74) is 0. The average molecular weight is 203 g/mol. The molecule has 0 saturated heterocycles. The van der Waals surface area contributed by atoms with Crippen LogP contribution in [0.15, 0.2) is 0 Å². The summed E-state index contributed by atoms with van der Waals surface area (Å²) in [5, 5.41) is 0. The molecule has 0 radical (unpaired) electrons. The third-order valence-electron chi connectivity index (χ3n) is 0.621. The van der Waals surface area contributed by atoms with E-state index in [-0.39, 0.29) is 0 Å². The number of hydrogen-bond acceptors (Lipinski definition) is 4. The van der Waals surface area contributed by atoms with Crippen LogP contribution in [-0.4, -0.2) is 20.6 Å². The quantitative estimate of drug-likeness (QED) is 0.432. The third-order valence-corrected chi connectivity index (χ3v) is 6.16. The second kappa shape index (κ2) is 3.49. The van der Waals surface area contributed by atoms with E-state index in [0.717, 1.165) is 6.92 Å². The fraction of sp³-hybridized carbons (Fsp3) is 0.667. The Morgan fingerprint density at radius 3 is 2.10 bits per heavy atom. The molecule has 0 aliphatic rings. The molecule has 0 saturated carbocycles. The fourth-order valence-electron chi connectivity index (χ4n) is 0.248. The van der Waals surface area contributed by atoms with Crippen LogP contribution < -0.4 is 4.72 Å². The zero-order valence-electron chi connectivity index (χ0n) is 5.53. The monoisotopic (exact) mass is 203 g/mol. The highest BCUT2D eigenvalue weighted by atomic mass is 33.5. The topological polar surface area (TPSA) is 63.2 Å². The first-order valence-electron chi connectivity index (χ1n) is 2.32. The summed E-state index contributed by atoms with van der Waals surface area (Å²) in [6.07, 6.45) is 1.43. The molecule has 62 valence electrons. The van der Waals surface area contributed by atoms with Crippen LogP contribution in [0.4, 0.5) is 0 Å². The maximum Gasteiger partial charge on any atom is 0.276 e. The van der Waals surface area contributed by atoms with Gasteiger partial charge in [-0.1, -0.05) is 8.96 Å². The zero-order valence-corrected chi connectivity index (χ0v) is 8.13. The maximum absolute atomic E-state index is 10.8. The van der Waals surface area contributed by atoms with Gasteiger partial charge >= 0.3 is 0 Å². The van der Waals surface area contributed by atoms with Gasteiger partial charge in [0, 0.05) is 6.92 Å². The van der Waals surface area contributed by atoms with Gasteiger partial charge in [-0.2, -0.15) is 8.42 Å². The van der Waals surface area contributed by atoms with Crippen molar-refractivity contribution in [1.29, 1.82) is 0 Å². The van der Waals surface area contributed by atoms with E-state index in [2.05, 4.69) is 11.7 Å². The first-order chi connectivity index (χ1) is 4.36. The summed E-state index contributed by atoms with van der Waals surface area (Å²) in [6.45, 7) is 1.14. The van der Waals surface area contributed by atoms with Gasteiger partial charge in [0.15, 0.2) is 0 Å². The van der Waals surface area contributed by atoms with Gasteiger partial charge in [-0.3, -0.25) is 4.79 Å². The largest absolute Gasteiger partial charge is 0.276 e. The lowest BCUT2D eigenvalue weighted by Crippen LogP contribution is -2.26. The van der Waals surface area contributed by atoms with Gasteiger partial charge in [0.05, 0.1) is 0 Å². The van der Waals surface area contributed by atoms with Crippen molar-refractivity contribution in [2.45, 2.75) is 6.92 Å². The summed E-state index contributed by atoms with van der Waals surface area (Å²) in [6, 6.07) is 0. The molecular formula is C3H9NO3S3. The third kappa shape index (κ3) is 3.33. The van der Waals surface area contributed by atoms with Crippen LogP contribution in [0.2, 0.25) is 0 Å². The van der Waals surface area contributed by atoms with Crippen LogP contribution in [0, 0.1) is 0 Å². The van der Waals surface area contributed by atoms with Crippen LogP contribution in [0.5, 0.6) is 0 Å². The van der Waals surface area contributed by atoms with E-state index < -0.39 is 23.9 Å². The molecule has 0 aromatic rings. The van der Waals surface area contributed by atoms with Crippen molar-refractivity contribution < 1.29 is 13.2 Å². The molecule has 1 amide bonds. The molecule has 10 heavy (non-hydrogen) atoms. The number of carbonyl (C=O) groups excluding carboxylic acids is 1. The minimum absolute atomic E-state index is 0.580. The standard InChI is InChI=1S/C3H9NO3S3/c1-3(5)4-10(6,7)9(2)8/h8-9H,1-2H3,(H,4,5). The van der Waals surface area contributed by atoms with Crippen molar-refractivity contribution in [1.82, 2.24) is 4.72 Å². The Morgan fingerprint density at radius 2 is 2.00 bits per heavy atom. The molecule has 4 nitrogen and oxygen atoms in total. The van der Waals surface area contributed by atoms with Crippen LogP contribution in [0.1, 0.15) is 6.92 Å². The number of hydrogen-bond donors (Lipinski definition) is 3. The highest BCUT2D eigenvalue weighted by molar-refractivity contribution is 9.10. The molecule has 0 fully saturated rings. The summed E-state index contributed by atoms with van der Waals surface area (Å²) < 4.78 is 23.3. The molecule has 1 N–H and O–H groups in total. The van der Waals surface area contributed by atoms with Gasteiger partial charge in [0.25, 0.3) is 9.06 Å². The van der Waals surface area contributed by atoms with Gasteiger partial charge in [-0.15, -0.1) is 11.7 Å². The molecule has 0 spiro atoms. The number of carbonyl (C=O) groups is 1. The van der Waals surface area contributed by atoms with E-state index in [9.17, 15) is 13.2 Å². The second-order valence-corrected chi connectivity index (χ2v) is 9.38. The molecule has 0 aliphatic heterocycles. The fourth-order valence-corrected chi connectivity index (χ4v) is 1.89. The van der Waals surface area contributed by atoms with Crippen LogP contribution in [-0.2, 0) is 13.8 Å². The lowest BCUT2D eigenvalue weighted by Gasteiger charge is -2.08. The first kappa shape index (κ1) is 10.1. The second-order valence-electron chi connectivity index (χ2n) is 1.60. The van der Waals surface area contributed by atoms with Gasteiger partial charge in [0.1, 0.15) is 0 Å². The lowest BCUT2D eigenvalue weighted by molar-refractivity contribution is -0.117. The first-order valence-corrected chi connectivity index (χ1v) is 7.35. The number of thiol groups is 2. The number of nitrogens with one attached hydrogen (secondary N) is 1. The molecule has 1 unspecified atom stereocenters. The predicted molar refractivity (Wildman–Crippen MR) is 46.6 cm³/mol. The predicted octanol–water partition coefficient (Wildman–Crippen LogP) is -0.157. The van der Waals surface area contributed by atoms with Gasteiger partial charge in [-0.25, -0.2) is 4.72 Å². The SMILES string of the molecule is CC(=O)NS(=O)(=O)[SH](C)S. The molecular weight excluding hydrogens is 194 g/mol. The van der Waals surface area contributed by atoms with Gasteiger partial charge in [0.2, 0.25) is 5.91 Å². The summed E-state index contributed by atoms with van der Waals surface area (Å²) in [7, 11) is -4.91. The smallest absolute Gasteiger partial charge is 0.274 e. The van der Waals surface area contributed by atoms with Crippen molar-refractivity contribution in [3.63, 3.8) is 0 Å². The van der Waals surface area contributed by atoms with Crippen LogP contribution in [0.3, 0.4) is 0 Å². The van der Waals surface area contributed by atoms with E-state index >= 15 is 0 Å². The van der Waals surface area contributed by atoms with Gasteiger partial charge < -0.3 is 0 Å². The van der Waals surface area contributed by atoms with E-state index in [4.69, 9.17) is 0 Å². The van der Waals surface area contributed by atoms with Crippen molar-refractivity contribution >= 4 is 35.6 Å². The minimum Gasteiger partial charge on any atom is -0.274 e. The number of amides is 1. The van der Waals surface area contributed by atoms with Crippen LogP contribution >= 0.6 is 20.6 Å². The molecule has 1 atom stereocenters. The van der Waals surface area contributed by atoms with Crippen molar-refractivity contribution in [2.24, 2.45) is 0 Å². The van der Waals surface area contributed by atoms with Gasteiger partial charge in [-0.05, 0) is 6.26 Å². The minimum atomic E-state index is -3.47. The van der Waals surface area contributed by atoms with E-state index in [1.54, 1.807) is 4.72 Å². The summed E-state index contributed by atoms with van der Waals surface area (Å²) in [4.78, 5) is 10.2. The Bertz CT molecular complexity index is 219. The van der Waals surface area contributed by atoms with E-state index in [1.165, 1.54) is 6.26 Å². The molecule has 0 aromatic carbocycles. The Morgan fingerprint density at radius 1 is 1.60 bits per heavy atom. The summed E-state index contributed by atoms with van der Waals surface area (Å²) >= 11 is 3.72. The lowest BCUT2D eigenvalue weighted by atomic mass is 10.8. The van der Waals surface area contributed by atoms with Crippen molar-refractivity contribution in [2.75, 3.05) is 6.26 Å². The van der Waals surface area contributed by atoms with Crippen molar-refractivity contribution in [3.05, 3.63) is 0 Å². The summed E-state index contributed by atoms with van der Waals surface area (Å²) in [5.74, 6) is -0.580. The van der Waals surface area contributed by atoms with Crippen LogP contribution in [0.25, 0.3) is 0 Å². The Labute approximate surface area is 67.0 Å². The molecule has 0 rings (SSSR count). The molecule has 0 bridgehead atoms. The molecule has 7 heteroatoms. The average Bonchev–Trinajstić information content (AvgIpc) is 1.60. The molecule has 0 heterocycles. The zero-order chi connectivity index (χ0) is 8.36.